The minimum absolute atomic E-state index is 0.148. The maximum absolute atomic E-state index is 12.6. The van der Waals surface area contributed by atoms with Gasteiger partial charge in [-0.25, -0.2) is 0 Å². The molecule has 29 heavy (non-hydrogen) atoms. The van der Waals surface area contributed by atoms with Crippen molar-refractivity contribution in [1.29, 1.82) is 0 Å². The Morgan fingerprint density at radius 2 is 2.00 bits per heavy atom. The number of aliphatic carboxylic acids is 1. The van der Waals surface area contributed by atoms with Gasteiger partial charge < -0.3 is 24.6 Å². The third kappa shape index (κ3) is 4.55. The number of para-hydroxylation sites is 1. The second-order valence-electron chi connectivity index (χ2n) is 6.26. The van der Waals surface area contributed by atoms with Crippen molar-refractivity contribution < 1.29 is 33.7 Å². The number of fused-ring (bicyclic) bond motifs is 1. The number of hydrogen-bond donors (Lipinski definition) is 2. The lowest BCUT2D eigenvalue weighted by molar-refractivity contribution is -0.141. The van der Waals surface area contributed by atoms with E-state index in [2.05, 4.69) is 5.32 Å². The lowest BCUT2D eigenvalue weighted by Crippen LogP contribution is -2.40. The summed E-state index contributed by atoms with van der Waals surface area (Å²) in [6.07, 6.45) is 1.60. The smallest absolute Gasteiger partial charge is 0.325 e. The van der Waals surface area contributed by atoms with Gasteiger partial charge in [0.05, 0.1) is 12.7 Å². The minimum atomic E-state index is -1.14. The number of carboxylic acid groups (broad SMARTS) is 1. The number of rotatable bonds is 7. The lowest BCUT2D eigenvalue weighted by Gasteiger charge is -2.10. The highest BCUT2D eigenvalue weighted by Crippen LogP contribution is 2.35. The highest BCUT2D eigenvalue weighted by molar-refractivity contribution is 6.14. The Bertz CT molecular complexity index is 996. The van der Waals surface area contributed by atoms with Crippen LogP contribution >= 0.6 is 0 Å². The average molecular weight is 397 g/mol. The van der Waals surface area contributed by atoms with Crippen LogP contribution in [0, 0.1) is 0 Å². The molecule has 0 aromatic heterocycles. The molecule has 0 saturated carbocycles. The van der Waals surface area contributed by atoms with Crippen LogP contribution in [0.25, 0.3) is 6.08 Å². The largest absolute Gasteiger partial charge is 0.496 e. The highest BCUT2D eigenvalue weighted by Gasteiger charge is 2.28. The Kier molecular flexibility index (Phi) is 5.82. The second-order valence-corrected chi connectivity index (χ2v) is 6.26. The van der Waals surface area contributed by atoms with Gasteiger partial charge in [-0.1, -0.05) is 18.2 Å². The fourth-order valence-corrected chi connectivity index (χ4v) is 2.68. The molecule has 150 valence electrons. The SMILES string of the molecule is COc1ccccc1C=C1Oc2cc(OCC(=O)NC(C)C(=O)O)ccc2C1=O. The van der Waals surface area contributed by atoms with Gasteiger partial charge in [0.25, 0.3) is 5.91 Å². The standard InChI is InChI=1S/C21H19NO7/c1-12(21(25)26)22-19(23)11-28-14-7-8-15-17(10-14)29-18(20(15)24)9-13-5-3-4-6-16(13)27-2/h3-10,12H,11H2,1-2H3,(H,22,23)(H,25,26). The van der Waals surface area contributed by atoms with Crippen LogP contribution < -0.4 is 19.5 Å². The molecule has 0 saturated heterocycles. The number of amides is 1. The molecule has 1 amide bonds. The van der Waals surface area contributed by atoms with Crippen molar-refractivity contribution in [3.63, 3.8) is 0 Å². The summed E-state index contributed by atoms with van der Waals surface area (Å²) < 4.78 is 16.3. The van der Waals surface area contributed by atoms with Gasteiger partial charge in [0.1, 0.15) is 23.3 Å². The second kappa shape index (κ2) is 8.47. The quantitative estimate of drug-likeness (QED) is 0.690. The molecule has 2 aromatic rings. The topological polar surface area (TPSA) is 111 Å². The van der Waals surface area contributed by atoms with Gasteiger partial charge in [0.2, 0.25) is 5.78 Å². The molecule has 0 fully saturated rings. The molecule has 0 bridgehead atoms. The number of methoxy groups -OCH3 is 1. The van der Waals surface area contributed by atoms with Crippen LogP contribution in [0.4, 0.5) is 0 Å². The summed E-state index contributed by atoms with van der Waals surface area (Å²) >= 11 is 0. The molecule has 1 unspecified atom stereocenters. The van der Waals surface area contributed by atoms with Gasteiger partial charge in [-0.15, -0.1) is 0 Å². The van der Waals surface area contributed by atoms with E-state index in [0.29, 0.717) is 28.4 Å². The summed E-state index contributed by atoms with van der Waals surface area (Å²) in [6, 6.07) is 10.8. The van der Waals surface area contributed by atoms with Crippen molar-refractivity contribution in [2.24, 2.45) is 0 Å². The van der Waals surface area contributed by atoms with Crippen molar-refractivity contribution in [2.45, 2.75) is 13.0 Å². The van der Waals surface area contributed by atoms with E-state index in [0.717, 1.165) is 0 Å². The molecular weight excluding hydrogens is 378 g/mol. The highest BCUT2D eigenvalue weighted by atomic mass is 16.5. The van der Waals surface area contributed by atoms with Crippen LogP contribution in [0.3, 0.4) is 0 Å². The van der Waals surface area contributed by atoms with E-state index < -0.39 is 17.9 Å². The Balaban J connectivity index is 1.70. The Morgan fingerprint density at radius 1 is 1.24 bits per heavy atom. The molecule has 0 aliphatic carbocycles. The van der Waals surface area contributed by atoms with Crippen LogP contribution in [0.2, 0.25) is 0 Å². The van der Waals surface area contributed by atoms with Gasteiger partial charge in [-0.2, -0.15) is 0 Å². The zero-order valence-corrected chi connectivity index (χ0v) is 15.8. The fourth-order valence-electron chi connectivity index (χ4n) is 2.68. The number of ketones is 1. The molecule has 0 spiro atoms. The molecule has 0 radical (unpaired) electrons. The van der Waals surface area contributed by atoms with Crippen molar-refractivity contribution in [2.75, 3.05) is 13.7 Å². The van der Waals surface area contributed by atoms with E-state index in [1.54, 1.807) is 37.5 Å². The van der Waals surface area contributed by atoms with Crippen molar-refractivity contribution in [3.8, 4) is 17.2 Å². The molecule has 2 aromatic carbocycles. The Hall–Kier alpha value is -3.81. The van der Waals surface area contributed by atoms with E-state index in [1.165, 1.54) is 13.0 Å². The molecule has 1 atom stereocenters. The van der Waals surface area contributed by atoms with E-state index in [4.69, 9.17) is 19.3 Å². The first kappa shape index (κ1) is 19.9. The lowest BCUT2D eigenvalue weighted by atomic mass is 10.1. The number of hydrogen-bond acceptors (Lipinski definition) is 6. The summed E-state index contributed by atoms with van der Waals surface area (Å²) in [5.74, 6) is -0.606. The molecule has 1 heterocycles. The van der Waals surface area contributed by atoms with Crippen LogP contribution in [0.15, 0.2) is 48.2 Å². The first-order chi connectivity index (χ1) is 13.9. The van der Waals surface area contributed by atoms with Crippen LogP contribution in [-0.4, -0.2) is 42.5 Å². The summed E-state index contributed by atoms with van der Waals surface area (Å²) in [4.78, 5) is 35.0. The first-order valence-electron chi connectivity index (χ1n) is 8.75. The number of allylic oxidation sites excluding steroid dienone is 1. The van der Waals surface area contributed by atoms with Gasteiger partial charge in [-0.05, 0) is 31.2 Å². The van der Waals surface area contributed by atoms with E-state index in [-0.39, 0.29) is 18.1 Å². The maximum Gasteiger partial charge on any atom is 0.325 e. The van der Waals surface area contributed by atoms with Gasteiger partial charge in [-0.3, -0.25) is 14.4 Å². The number of carbonyl (C=O) groups excluding carboxylic acids is 2. The average Bonchev–Trinajstić information content (AvgIpc) is 3.01. The van der Waals surface area contributed by atoms with Crippen LogP contribution in [0.5, 0.6) is 17.2 Å². The number of Topliss-reactive ketones (excluding diaryl/α,β-unsaturated/α-hetero) is 1. The predicted octanol–water partition coefficient (Wildman–Crippen LogP) is 2.28. The number of carbonyl (C=O) groups is 3. The summed E-state index contributed by atoms with van der Waals surface area (Å²) in [5.41, 5.74) is 1.08. The normalized spacial score (nSPS) is 14.7. The van der Waals surface area contributed by atoms with Crippen molar-refractivity contribution in [3.05, 3.63) is 59.4 Å². The zero-order chi connectivity index (χ0) is 21.0. The van der Waals surface area contributed by atoms with Crippen LogP contribution in [0.1, 0.15) is 22.8 Å². The third-order valence-corrected chi connectivity index (χ3v) is 4.18. The Morgan fingerprint density at radius 3 is 2.72 bits per heavy atom. The van der Waals surface area contributed by atoms with E-state index in [9.17, 15) is 14.4 Å². The zero-order valence-electron chi connectivity index (χ0n) is 15.8. The monoisotopic (exact) mass is 397 g/mol. The van der Waals surface area contributed by atoms with E-state index >= 15 is 0 Å². The number of ether oxygens (including phenoxy) is 3. The Labute approximate surface area is 166 Å². The number of nitrogens with one attached hydrogen (secondary N) is 1. The summed E-state index contributed by atoms with van der Waals surface area (Å²) in [6.45, 7) is 0.985. The van der Waals surface area contributed by atoms with Crippen LogP contribution in [-0.2, 0) is 9.59 Å². The van der Waals surface area contributed by atoms with Crippen molar-refractivity contribution in [1.82, 2.24) is 5.32 Å². The number of carboxylic acids is 1. The van der Waals surface area contributed by atoms with Gasteiger partial charge in [0, 0.05) is 11.6 Å². The van der Waals surface area contributed by atoms with Gasteiger partial charge in [0.15, 0.2) is 12.4 Å². The summed E-state index contributed by atoms with van der Waals surface area (Å²) in [5, 5.41) is 11.1. The third-order valence-electron chi connectivity index (χ3n) is 4.18. The van der Waals surface area contributed by atoms with E-state index in [1.807, 2.05) is 12.1 Å². The first-order valence-corrected chi connectivity index (χ1v) is 8.75. The molecule has 8 heteroatoms. The fraction of sp³-hybridized carbons (Fsp3) is 0.190. The van der Waals surface area contributed by atoms with Crippen molar-refractivity contribution >= 4 is 23.7 Å². The maximum atomic E-state index is 12.6. The molecule has 1 aliphatic rings. The predicted molar refractivity (Wildman–Crippen MR) is 103 cm³/mol. The molecule has 1 aliphatic heterocycles. The molecule has 3 rings (SSSR count). The minimum Gasteiger partial charge on any atom is -0.496 e. The molecule has 2 N–H and O–H groups in total. The molecular formula is C21H19NO7. The number of benzene rings is 2. The molecule has 8 nitrogen and oxygen atoms in total. The summed E-state index contributed by atoms with van der Waals surface area (Å²) in [7, 11) is 1.54. The van der Waals surface area contributed by atoms with Gasteiger partial charge >= 0.3 is 5.97 Å².